The lowest BCUT2D eigenvalue weighted by Crippen LogP contribution is -2.12. The van der Waals surface area contributed by atoms with Crippen molar-refractivity contribution in [3.63, 3.8) is 0 Å². The minimum absolute atomic E-state index is 0.241. The lowest BCUT2D eigenvalue weighted by molar-refractivity contribution is -0.115. The zero-order valence-electron chi connectivity index (χ0n) is 9.65. The number of rotatable bonds is 3. The van der Waals surface area contributed by atoms with Crippen LogP contribution >= 0.6 is 0 Å². The quantitative estimate of drug-likeness (QED) is 0.776. The molecule has 2 nitrogen and oxygen atoms in total. The first-order chi connectivity index (χ1) is 7.75. The number of aromatic nitrogens is 1. The van der Waals surface area contributed by atoms with Gasteiger partial charge in [-0.1, -0.05) is 19.1 Å². The molecule has 1 aliphatic carbocycles. The van der Waals surface area contributed by atoms with Crippen LogP contribution in [0.25, 0.3) is 0 Å². The van der Waals surface area contributed by atoms with Crippen molar-refractivity contribution in [1.29, 1.82) is 0 Å². The molecule has 0 saturated carbocycles. The first kappa shape index (κ1) is 11.1. The first-order valence-electron chi connectivity index (χ1n) is 5.88. The molecule has 0 bridgehead atoms. The topological polar surface area (TPSA) is 30.0 Å². The molecule has 0 amide bonds. The monoisotopic (exact) mass is 215 g/mol. The number of allylic oxidation sites excluding steroid dienone is 2. The van der Waals surface area contributed by atoms with Gasteiger partial charge in [0.15, 0.2) is 5.78 Å². The van der Waals surface area contributed by atoms with E-state index in [1.807, 2.05) is 18.2 Å². The number of nitrogens with zero attached hydrogens (tertiary/aromatic N) is 1. The molecule has 2 rings (SSSR count). The largest absolute Gasteiger partial charge is 0.294 e. The van der Waals surface area contributed by atoms with Crippen LogP contribution in [-0.4, -0.2) is 10.8 Å². The summed E-state index contributed by atoms with van der Waals surface area (Å²) >= 11 is 0. The molecule has 84 valence electrons. The van der Waals surface area contributed by atoms with E-state index in [-0.39, 0.29) is 5.78 Å². The Balaban J connectivity index is 1.99. The van der Waals surface area contributed by atoms with Gasteiger partial charge in [0.2, 0.25) is 0 Å². The van der Waals surface area contributed by atoms with Crippen LogP contribution in [0.15, 0.2) is 36.0 Å². The highest BCUT2D eigenvalue weighted by Crippen LogP contribution is 2.23. The molecule has 0 saturated heterocycles. The zero-order chi connectivity index (χ0) is 11.4. The molecule has 1 aromatic rings. The minimum atomic E-state index is 0.241. The van der Waals surface area contributed by atoms with Crippen molar-refractivity contribution >= 4 is 5.78 Å². The van der Waals surface area contributed by atoms with Gasteiger partial charge in [-0.3, -0.25) is 9.78 Å². The summed E-state index contributed by atoms with van der Waals surface area (Å²) in [6.07, 6.45) is 7.41. The lowest BCUT2D eigenvalue weighted by atomic mass is 9.88. The summed E-state index contributed by atoms with van der Waals surface area (Å²) in [5.74, 6) is 0.969. The number of hydrogen-bond donors (Lipinski definition) is 0. The third kappa shape index (κ3) is 2.78. The Kier molecular flexibility index (Phi) is 3.50. The summed E-state index contributed by atoms with van der Waals surface area (Å²) in [5.41, 5.74) is 1.87. The number of pyridine rings is 1. The van der Waals surface area contributed by atoms with Crippen LogP contribution in [0, 0.1) is 5.92 Å². The summed E-state index contributed by atoms with van der Waals surface area (Å²) in [5, 5.41) is 0. The average molecular weight is 215 g/mol. The first-order valence-corrected chi connectivity index (χ1v) is 5.88. The van der Waals surface area contributed by atoms with Gasteiger partial charge < -0.3 is 0 Å². The number of ketones is 1. The maximum atomic E-state index is 12.0. The van der Waals surface area contributed by atoms with Crippen LogP contribution in [0.5, 0.6) is 0 Å². The summed E-state index contributed by atoms with van der Waals surface area (Å²) in [6, 6.07) is 5.70. The zero-order valence-corrected chi connectivity index (χ0v) is 9.65. The van der Waals surface area contributed by atoms with Crippen LogP contribution < -0.4 is 0 Å². The van der Waals surface area contributed by atoms with Crippen molar-refractivity contribution in [3.05, 3.63) is 41.7 Å². The number of Topliss-reactive ketones (excluding diaryl/α,β-unsaturated/α-hetero) is 1. The Morgan fingerprint density at radius 3 is 3.00 bits per heavy atom. The molecule has 1 unspecified atom stereocenters. The Hall–Kier alpha value is -1.44. The van der Waals surface area contributed by atoms with E-state index < -0.39 is 0 Å². The third-order valence-electron chi connectivity index (χ3n) is 3.10. The Bertz CT molecular complexity index is 394. The molecule has 1 aromatic heterocycles. The number of carbonyl (C=O) groups is 1. The predicted octanol–water partition coefficient (Wildman–Crippen LogP) is 2.94. The molecular weight excluding hydrogens is 198 g/mol. The van der Waals surface area contributed by atoms with E-state index >= 15 is 0 Å². The average Bonchev–Trinajstić information content (AvgIpc) is 2.31. The maximum absolute atomic E-state index is 12.0. The van der Waals surface area contributed by atoms with Gasteiger partial charge in [0.1, 0.15) is 0 Å². The SMILES string of the molecule is CC1CC=C(C(=O)Cc2ccccn2)CC1. The van der Waals surface area contributed by atoms with Crippen molar-refractivity contribution in [2.45, 2.75) is 32.6 Å². The second kappa shape index (κ2) is 5.06. The van der Waals surface area contributed by atoms with Crippen LogP contribution in [0.4, 0.5) is 0 Å². The van der Waals surface area contributed by atoms with Gasteiger partial charge >= 0.3 is 0 Å². The van der Waals surface area contributed by atoms with E-state index in [1.165, 1.54) is 0 Å². The van der Waals surface area contributed by atoms with Crippen molar-refractivity contribution < 1.29 is 4.79 Å². The fourth-order valence-corrected chi connectivity index (χ4v) is 2.00. The van der Waals surface area contributed by atoms with Crippen LogP contribution in [0.1, 0.15) is 31.9 Å². The van der Waals surface area contributed by atoms with Gasteiger partial charge in [0, 0.05) is 11.9 Å². The summed E-state index contributed by atoms with van der Waals surface area (Å²) < 4.78 is 0. The highest BCUT2D eigenvalue weighted by atomic mass is 16.1. The number of carbonyl (C=O) groups excluding carboxylic acids is 1. The van der Waals surface area contributed by atoms with E-state index in [2.05, 4.69) is 18.0 Å². The van der Waals surface area contributed by atoms with E-state index in [0.717, 1.165) is 36.4 Å². The van der Waals surface area contributed by atoms with Gasteiger partial charge in [0.05, 0.1) is 6.42 Å². The molecule has 0 radical (unpaired) electrons. The lowest BCUT2D eigenvalue weighted by Gasteiger charge is -2.17. The standard InChI is InChI=1S/C14H17NO/c1-11-5-7-12(8-6-11)14(16)10-13-4-2-3-9-15-13/h2-4,7,9,11H,5-6,8,10H2,1H3. The van der Waals surface area contributed by atoms with Crippen molar-refractivity contribution in [1.82, 2.24) is 4.98 Å². The normalized spacial score (nSPS) is 20.3. The highest BCUT2D eigenvalue weighted by Gasteiger charge is 2.16. The van der Waals surface area contributed by atoms with Crippen molar-refractivity contribution in [2.75, 3.05) is 0 Å². The van der Waals surface area contributed by atoms with Crippen LogP contribution in [0.2, 0.25) is 0 Å². The van der Waals surface area contributed by atoms with Crippen molar-refractivity contribution in [3.8, 4) is 0 Å². The molecule has 2 heteroatoms. The molecule has 0 N–H and O–H groups in total. The third-order valence-corrected chi connectivity index (χ3v) is 3.10. The molecule has 0 aromatic carbocycles. The fraction of sp³-hybridized carbons (Fsp3) is 0.429. The summed E-state index contributed by atoms with van der Waals surface area (Å²) in [6.45, 7) is 2.23. The van der Waals surface area contributed by atoms with Crippen molar-refractivity contribution in [2.24, 2.45) is 5.92 Å². The van der Waals surface area contributed by atoms with Gasteiger partial charge in [-0.15, -0.1) is 0 Å². The summed E-state index contributed by atoms with van der Waals surface area (Å²) in [7, 11) is 0. The van der Waals surface area contributed by atoms with Crippen LogP contribution in [0.3, 0.4) is 0 Å². The Morgan fingerprint density at radius 1 is 1.50 bits per heavy atom. The van der Waals surface area contributed by atoms with Gasteiger partial charge in [0.25, 0.3) is 0 Å². The summed E-state index contributed by atoms with van der Waals surface area (Å²) in [4.78, 5) is 16.1. The van der Waals surface area contributed by atoms with E-state index in [1.54, 1.807) is 6.20 Å². The second-order valence-electron chi connectivity index (χ2n) is 4.53. The minimum Gasteiger partial charge on any atom is -0.294 e. The fourth-order valence-electron chi connectivity index (χ4n) is 2.00. The van der Waals surface area contributed by atoms with Crippen LogP contribution in [-0.2, 0) is 11.2 Å². The molecule has 16 heavy (non-hydrogen) atoms. The number of hydrogen-bond acceptors (Lipinski definition) is 2. The van der Waals surface area contributed by atoms with Gasteiger partial charge in [-0.25, -0.2) is 0 Å². The van der Waals surface area contributed by atoms with Gasteiger partial charge in [-0.2, -0.15) is 0 Å². The molecule has 1 heterocycles. The second-order valence-corrected chi connectivity index (χ2v) is 4.53. The molecule has 0 aliphatic heterocycles. The molecule has 0 spiro atoms. The van der Waals surface area contributed by atoms with E-state index in [9.17, 15) is 4.79 Å². The van der Waals surface area contributed by atoms with E-state index in [4.69, 9.17) is 0 Å². The highest BCUT2D eigenvalue weighted by molar-refractivity contribution is 5.96. The molecule has 1 aliphatic rings. The molecule has 0 fully saturated rings. The molecule has 1 atom stereocenters. The Morgan fingerprint density at radius 2 is 2.38 bits per heavy atom. The smallest absolute Gasteiger partial charge is 0.164 e. The van der Waals surface area contributed by atoms with Gasteiger partial charge in [-0.05, 0) is 42.9 Å². The van der Waals surface area contributed by atoms with E-state index in [0.29, 0.717) is 6.42 Å². The Labute approximate surface area is 96.4 Å². The predicted molar refractivity (Wildman–Crippen MR) is 64.0 cm³/mol. The molecular formula is C14H17NO. The maximum Gasteiger partial charge on any atom is 0.164 e.